The van der Waals surface area contributed by atoms with Crippen LogP contribution in [0.3, 0.4) is 0 Å². The van der Waals surface area contributed by atoms with E-state index >= 15 is 0 Å². The highest BCUT2D eigenvalue weighted by atomic mass is 32.2. The molecule has 1 aromatic carbocycles. The van der Waals surface area contributed by atoms with Gasteiger partial charge in [0.25, 0.3) is 10.0 Å². The van der Waals surface area contributed by atoms with E-state index in [1.807, 2.05) is 31.2 Å². The molecule has 7 nitrogen and oxygen atoms in total. The standard InChI is InChI=1S/C16H19N5O2S/c1-12-6-4-5-7-14(12)10-21-11-15(8-18-21)19-24(22,23)16-9-17-20(3)13(16)2/h4-9,11,19H,10H2,1-3H3. The highest BCUT2D eigenvalue weighted by molar-refractivity contribution is 7.92. The molecule has 0 spiro atoms. The Bertz CT molecular complexity index is 972. The molecule has 0 fully saturated rings. The first-order chi connectivity index (χ1) is 11.4. The van der Waals surface area contributed by atoms with Crippen LogP contribution in [0.1, 0.15) is 16.8 Å². The third kappa shape index (κ3) is 3.18. The lowest BCUT2D eigenvalue weighted by molar-refractivity contribution is 0.600. The predicted octanol–water partition coefficient (Wildman–Crippen LogP) is 2.08. The minimum atomic E-state index is -3.68. The number of anilines is 1. The minimum Gasteiger partial charge on any atom is -0.276 e. The Morgan fingerprint density at radius 2 is 1.88 bits per heavy atom. The van der Waals surface area contributed by atoms with Gasteiger partial charge in [-0.2, -0.15) is 10.2 Å². The van der Waals surface area contributed by atoms with Crippen molar-refractivity contribution in [1.82, 2.24) is 19.6 Å². The van der Waals surface area contributed by atoms with Gasteiger partial charge in [-0.15, -0.1) is 0 Å². The van der Waals surface area contributed by atoms with Gasteiger partial charge in [-0.3, -0.25) is 14.1 Å². The number of benzene rings is 1. The number of nitrogens with zero attached hydrogens (tertiary/aromatic N) is 4. The van der Waals surface area contributed by atoms with Gasteiger partial charge in [-0.1, -0.05) is 24.3 Å². The van der Waals surface area contributed by atoms with E-state index in [1.54, 1.807) is 24.9 Å². The number of nitrogens with one attached hydrogen (secondary N) is 1. The summed E-state index contributed by atoms with van der Waals surface area (Å²) in [7, 11) is -1.97. The van der Waals surface area contributed by atoms with Crippen molar-refractivity contribution < 1.29 is 8.42 Å². The Hall–Kier alpha value is -2.61. The molecule has 0 unspecified atom stereocenters. The average Bonchev–Trinajstić information content (AvgIpc) is 3.09. The van der Waals surface area contributed by atoms with Crippen molar-refractivity contribution >= 4 is 15.7 Å². The Balaban J connectivity index is 1.79. The van der Waals surface area contributed by atoms with Gasteiger partial charge in [-0.05, 0) is 25.0 Å². The van der Waals surface area contributed by atoms with Crippen LogP contribution >= 0.6 is 0 Å². The zero-order valence-corrected chi connectivity index (χ0v) is 14.6. The van der Waals surface area contributed by atoms with E-state index < -0.39 is 10.0 Å². The fourth-order valence-electron chi connectivity index (χ4n) is 2.42. The lowest BCUT2D eigenvalue weighted by atomic mass is 10.1. The number of aromatic nitrogens is 4. The largest absolute Gasteiger partial charge is 0.276 e. The highest BCUT2D eigenvalue weighted by Crippen LogP contribution is 2.18. The van der Waals surface area contributed by atoms with Crippen LogP contribution in [0.5, 0.6) is 0 Å². The minimum absolute atomic E-state index is 0.164. The smallest absolute Gasteiger partial charge is 0.265 e. The van der Waals surface area contributed by atoms with Crippen LogP contribution in [-0.4, -0.2) is 28.0 Å². The van der Waals surface area contributed by atoms with Crippen molar-refractivity contribution in [2.75, 3.05) is 4.72 Å². The maximum absolute atomic E-state index is 12.5. The van der Waals surface area contributed by atoms with Crippen molar-refractivity contribution in [3.8, 4) is 0 Å². The third-order valence-electron chi connectivity index (χ3n) is 3.96. The molecule has 8 heteroatoms. The molecule has 0 radical (unpaired) electrons. The molecule has 2 heterocycles. The quantitative estimate of drug-likeness (QED) is 0.767. The van der Waals surface area contributed by atoms with Gasteiger partial charge in [-0.25, -0.2) is 8.42 Å². The van der Waals surface area contributed by atoms with E-state index in [1.165, 1.54) is 22.6 Å². The van der Waals surface area contributed by atoms with Crippen LogP contribution in [0.2, 0.25) is 0 Å². The third-order valence-corrected chi connectivity index (χ3v) is 5.44. The van der Waals surface area contributed by atoms with Crippen molar-refractivity contribution in [3.05, 3.63) is 59.7 Å². The molecule has 3 aromatic rings. The molecule has 0 aliphatic carbocycles. The second-order valence-corrected chi connectivity index (χ2v) is 7.33. The Labute approximate surface area is 141 Å². The molecule has 1 N–H and O–H groups in total. The first-order valence-electron chi connectivity index (χ1n) is 7.45. The van der Waals surface area contributed by atoms with Gasteiger partial charge in [0.1, 0.15) is 4.90 Å². The molecular weight excluding hydrogens is 326 g/mol. The monoisotopic (exact) mass is 345 g/mol. The van der Waals surface area contributed by atoms with Gasteiger partial charge in [0.05, 0.1) is 30.3 Å². The maximum Gasteiger partial charge on any atom is 0.265 e. The van der Waals surface area contributed by atoms with Crippen LogP contribution in [0.25, 0.3) is 0 Å². The van der Waals surface area contributed by atoms with Crippen LogP contribution in [0.4, 0.5) is 5.69 Å². The van der Waals surface area contributed by atoms with E-state index in [9.17, 15) is 8.42 Å². The SMILES string of the molecule is Cc1ccccc1Cn1cc(NS(=O)(=O)c2cnn(C)c2C)cn1. The zero-order chi connectivity index (χ0) is 17.3. The number of aryl methyl sites for hydroxylation is 2. The van der Waals surface area contributed by atoms with Gasteiger partial charge in [0.2, 0.25) is 0 Å². The summed E-state index contributed by atoms with van der Waals surface area (Å²) in [6, 6.07) is 8.02. The molecule has 0 bridgehead atoms. The van der Waals surface area contributed by atoms with Crippen molar-refractivity contribution in [2.24, 2.45) is 7.05 Å². The van der Waals surface area contributed by atoms with Gasteiger partial charge in [0, 0.05) is 13.2 Å². The first-order valence-corrected chi connectivity index (χ1v) is 8.93. The normalized spacial score (nSPS) is 11.6. The van der Waals surface area contributed by atoms with Gasteiger partial charge >= 0.3 is 0 Å². The molecule has 0 saturated carbocycles. The topological polar surface area (TPSA) is 81.8 Å². The molecule has 3 rings (SSSR count). The number of hydrogen-bond acceptors (Lipinski definition) is 4. The summed E-state index contributed by atoms with van der Waals surface area (Å²) >= 11 is 0. The van der Waals surface area contributed by atoms with Crippen LogP contribution in [0.15, 0.2) is 47.8 Å². The van der Waals surface area contributed by atoms with E-state index in [-0.39, 0.29) is 4.90 Å². The predicted molar refractivity (Wildman–Crippen MR) is 91.3 cm³/mol. The van der Waals surface area contributed by atoms with E-state index in [2.05, 4.69) is 14.9 Å². The fourth-order valence-corrected chi connectivity index (χ4v) is 3.65. The maximum atomic E-state index is 12.5. The van der Waals surface area contributed by atoms with Crippen molar-refractivity contribution in [2.45, 2.75) is 25.3 Å². The van der Waals surface area contributed by atoms with E-state index in [0.717, 1.165) is 5.56 Å². The van der Waals surface area contributed by atoms with Crippen LogP contribution in [-0.2, 0) is 23.6 Å². The highest BCUT2D eigenvalue weighted by Gasteiger charge is 2.20. The summed E-state index contributed by atoms with van der Waals surface area (Å²) in [5.74, 6) is 0. The second-order valence-electron chi connectivity index (χ2n) is 5.68. The number of hydrogen-bond donors (Lipinski definition) is 1. The molecule has 0 aliphatic heterocycles. The zero-order valence-electron chi connectivity index (χ0n) is 13.8. The van der Waals surface area contributed by atoms with Gasteiger partial charge < -0.3 is 0 Å². The van der Waals surface area contributed by atoms with Crippen LogP contribution < -0.4 is 4.72 Å². The number of rotatable bonds is 5. The summed E-state index contributed by atoms with van der Waals surface area (Å²) < 4.78 is 30.7. The van der Waals surface area contributed by atoms with Crippen LogP contribution in [0, 0.1) is 13.8 Å². The van der Waals surface area contributed by atoms with E-state index in [0.29, 0.717) is 17.9 Å². The summed E-state index contributed by atoms with van der Waals surface area (Å²) in [6.45, 7) is 4.33. The fraction of sp³-hybridized carbons (Fsp3) is 0.250. The molecular formula is C16H19N5O2S. The first kappa shape index (κ1) is 16.3. The molecule has 24 heavy (non-hydrogen) atoms. The molecule has 2 aromatic heterocycles. The van der Waals surface area contributed by atoms with Crippen molar-refractivity contribution in [3.63, 3.8) is 0 Å². The second kappa shape index (κ2) is 6.12. The molecule has 126 valence electrons. The summed E-state index contributed by atoms with van der Waals surface area (Å²) in [6.07, 6.45) is 4.52. The summed E-state index contributed by atoms with van der Waals surface area (Å²) in [5.41, 5.74) is 3.31. The molecule has 0 aliphatic rings. The summed E-state index contributed by atoms with van der Waals surface area (Å²) in [5, 5.41) is 8.20. The summed E-state index contributed by atoms with van der Waals surface area (Å²) in [4.78, 5) is 0.164. The van der Waals surface area contributed by atoms with Crippen molar-refractivity contribution in [1.29, 1.82) is 0 Å². The van der Waals surface area contributed by atoms with Gasteiger partial charge in [0.15, 0.2) is 0 Å². The molecule has 0 amide bonds. The molecule has 0 atom stereocenters. The molecule has 0 saturated heterocycles. The average molecular weight is 345 g/mol. The Morgan fingerprint density at radius 1 is 1.12 bits per heavy atom. The van der Waals surface area contributed by atoms with E-state index in [4.69, 9.17) is 0 Å². The lowest BCUT2D eigenvalue weighted by Crippen LogP contribution is -2.13. The number of sulfonamides is 1. The lowest BCUT2D eigenvalue weighted by Gasteiger charge is -2.06. The Kier molecular flexibility index (Phi) is 4.15. The Morgan fingerprint density at radius 3 is 2.54 bits per heavy atom.